The van der Waals surface area contributed by atoms with Crippen molar-refractivity contribution in [3.63, 3.8) is 0 Å². The molecule has 11 heteroatoms. The number of carbonyl (C=O) groups excluding carboxylic acids is 3. The SMILES string of the molecule is COC(=O)c1cc(NC(=O)CNS(=O)(=O)c2cccs2)cc(C(=O)OC)c1. The van der Waals surface area contributed by atoms with Crippen LogP contribution in [0, 0.1) is 0 Å². The molecule has 0 saturated carbocycles. The van der Waals surface area contributed by atoms with Crippen molar-refractivity contribution >= 4 is 44.9 Å². The first kappa shape index (κ1) is 20.6. The number of sulfonamides is 1. The van der Waals surface area contributed by atoms with Crippen LogP contribution in [0.3, 0.4) is 0 Å². The summed E-state index contributed by atoms with van der Waals surface area (Å²) in [7, 11) is -1.45. The predicted molar refractivity (Wildman–Crippen MR) is 97.3 cm³/mol. The number of esters is 2. The number of rotatable bonds is 7. The lowest BCUT2D eigenvalue weighted by Crippen LogP contribution is -2.32. The number of methoxy groups -OCH3 is 2. The van der Waals surface area contributed by atoms with E-state index in [4.69, 9.17) is 0 Å². The van der Waals surface area contributed by atoms with Crippen molar-refractivity contribution in [1.29, 1.82) is 0 Å². The number of ether oxygens (including phenoxy) is 2. The Labute approximate surface area is 159 Å². The average molecular weight is 412 g/mol. The first-order chi connectivity index (χ1) is 12.8. The Morgan fingerprint density at radius 1 is 1.04 bits per heavy atom. The molecule has 9 nitrogen and oxygen atoms in total. The molecule has 1 aromatic carbocycles. The quantitative estimate of drug-likeness (QED) is 0.655. The second-order valence-electron chi connectivity index (χ2n) is 5.09. The smallest absolute Gasteiger partial charge is 0.337 e. The average Bonchev–Trinajstić information content (AvgIpc) is 3.20. The van der Waals surface area contributed by atoms with Crippen LogP contribution >= 0.6 is 11.3 Å². The monoisotopic (exact) mass is 412 g/mol. The number of anilines is 1. The van der Waals surface area contributed by atoms with Gasteiger partial charge in [-0.3, -0.25) is 4.79 Å². The van der Waals surface area contributed by atoms with E-state index in [1.807, 2.05) is 0 Å². The van der Waals surface area contributed by atoms with Gasteiger partial charge in [-0.05, 0) is 29.6 Å². The van der Waals surface area contributed by atoms with Gasteiger partial charge in [0.15, 0.2) is 0 Å². The summed E-state index contributed by atoms with van der Waals surface area (Å²) in [5, 5.41) is 4.02. The molecule has 2 N–H and O–H groups in total. The van der Waals surface area contributed by atoms with Crippen LogP contribution in [-0.4, -0.2) is 47.0 Å². The fraction of sp³-hybridized carbons (Fsp3) is 0.188. The van der Waals surface area contributed by atoms with Crippen LogP contribution in [0.25, 0.3) is 0 Å². The fourth-order valence-corrected chi connectivity index (χ4v) is 4.04. The Hall–Kier alpha value is -2.76. The molecule has 0 spiro atoms. The lowest BCUT2D eigenvalue weighted by molar-refractivity contribution is -0.115. The molecule has 27 heavy (non-hydrogen) atoms. The second-order valence-corrected chi connectivity index (χ2v) is 8.03. The van der Waals surface area contributed by atoms with E-state index in [-0.39, 0.29) is 21.0 Å². The van der Waals surface area contributed by atoms with Crippen LogP contribution in [0.5, 0.6) is 0 Å². The van der Waals surface area contributed by atoms with E-state index < -0.39 is 34.4 Å². The minimum absolute atomic E-state index is 0.0230. The Morgan fingerprint density at radius 2 is 1.63 bits per heavy atom. The predicted octanol–water partition coefficient (Wildman–Crippen LogP) is 1.24. The van der Waals surface area contributed by atoms with Crippen LogP contribution in [-0.2, 0) is 24.3 Å². The number of hydrogen-bond acceptors (Lipinski definition) is 8. The van der Waals surface area contributed by atoms with E-state index in [2.05, 4.69) is 19.5 Å². The van der Waals surface area contributed by atoms with E-state index in [1.165, 1.54) is 38.5 Å². The third-order valence-corrected chi connectivity index (χ3v) is 6.04. The molecule has 0 aliphatic rings. The molecule has 0 saturated heterocycles. The van der Waals surface area contributed by atoms with Gasteiger partial charge in [0.2, 0.25) is 5.91 Å². The van der Waals surface area contributed by atoms with Crippen molar-refractivity contribution in [2.45, 2.75) is 4.21 Å². The van der Waals surface area contributed by atoms with E-state index >= 15 is 0 Å². The van der Waals surface area contributed by atoms with Crippen molar-refractivity contribution in [1.82, 2.24) is 4.72 Å². The zero-order valence-electron chi connectivity index (χ0n) is 14.3. The molecule has 0 fully saturated rings. The van der Waals surface area contributed by atoms with Gasteiger partial charge in [-0.2, -0.15) is 0 Å². The summed E-state index contributed by atoms with van der Waals surface area (Å²) in [4.78, 5) is 35.5. The van der Waals surface area contributed by atoms with Crippen molar-refractivity contribution in [2.24, 2.45) is 0 Å². The topological polar surface area (TPSA) is 128 Å². The summed E-state index contributed by atoms with van der Waals surface area (Å²) < 4.78 is 35.5. The highest BCUT2D eigenvalue weighted by atomic mass is 32.2. The van der Waals surface area contributed by atoms with Gasteiger partial charge >= 0.3 is 11.9 Å². The highest BCUT2D eigenvalue weighted by molar-refractivity contribution is 7.91. The minimum atomic E-state index is -3.80. The van der Waals surface area contributed by atoms with Crippen molar-refractivity contribution < 1.29 is 32.3 Å². The third kappa shape index (κ3) is 5.36. The van der Waals surface area contributed by atoms with Crippen LogP contribution in [0.15, 0.2) is 39.9 Å². The number of benzene rings is 1. The molecule has 1 aromatic heterocycles. The highest BCUT2D eigenvalue weighted by Gasteiger charge is 2.18. The molecule has 0 aliphatic heterocycles. The first-order valence-electron chi connectivity index (χ1n) is 7.41. The molecule has 1 heterocycles. The largest absolute Gasteiger partial charge is 0.465 e. The van der Waals surface area contributed by atoms with Gasteiger partial charge in [-0.25, -0.2) is 22.7 Å². The Morgan fingerprint density at radius 3 is 2.11 bits per heavy atom. The first-order valence-corrected chi connectivity index (χ1v) is 9.78. The number of carbonyl (C=O) groups is 3. The van der Waals surface area contributed by atoms with Gasteiger partial charge in [0, 0.05) is 5.69 Å². The molecule has 0 unspecified atom stereocenters. The number of nitrogens with one attached hydrogen (secondary N) is 2. The fourth-order valence-electron chi connectivity index (χ4n) is 2.02. The highest BCUT2D eigenvalue weighted by Crippen LogP contribution is 2.18. The third-order valence-electron chi connectivity index (χ3n) is 3.24. The molecule has 0 radical (unpaired) electrons. The van der Waals surface area contributed by atoms with E-state index in [9.17, 15) is 22.8 Å². The summed E-state index contributed by atoms with van der Waals surface area (Å²) in [6.45, 7) is -0.532. The molecule has 1 amide bonds. The van der Waals surface area contributed by atoms with Gasteiger partial charge in [-0.15, -0.1) is 11.3 Å². The standard InChI is InChI=1S/C16H16N2O7S2/c1-24-15(20)10-6-11(16(21)25-2)8-12(7-10)18-13(19)9-17-27(22,23)14-4-3-5-26-14/h3-8,17H,9H2,1-2H3,(H,18,19). The van der Waals surface area contributed by atoms with E-state index in [0.29, 0.717) is 0 Å². The van der Waals surface area contributed by atoms with E-state index in [0.717, 1.165) is 11.3 Å². The molecular weight excluding hydrogens is 396 g/mol. The van der Waals surface area contributed by atoms with Gasteiger partial charge in [0.25, 0.3) is 10.0 Å². The zero-order chi connectivity index (χ0) is 20.0. The molecule has 0 aliphatic carbocycles. The molecular formula is C16H16N2O7S2. The van der Waals surface area contributed by atoms with E-state index in [1.54, 1.807) is 11.4 Å². The number of thiophene rings is 1. The van der Waals surface area contributed by atoms with Crippen molar-refractivity contribution in [2.75, 3.05) is 26.1 Å². The maximum atomic E-state index is 12.1. The Balaban J connectivity index is 2.14. The maximum absolute atomic E-state index is 12.1. The summed E-state index contributed by atoms with van der Waals surface area (Å²) in [5.74, 6) is -2.11. The van der Waals surface area contributed by atoms with Gasteiger partial charge in [-0.1, -0.05) is 6.07 Å². The Kier molecular flexibility index (Phi) is 6.66. The van der Waals surface area contributed by atoms with Crippen molar-refractivity contribution in [3.05, 3.63) is 46.8 Å². The normalized spacial score (nSPS) is 10.9. The van der Waals surface area contributed by atoms with Gasteiger partial charge in [0.1, 0.15) is 4.21 Å². The summed E-state index contributed by atoms with van der Waals surface area (Å²) in [6, 6.07) is 6.83. The van der Waals surface area contributed by atoms with Crippen LogP contribution < -0.4 is 10.0 Å². The van der Waals surface area contributed by atoms with Gasteiger partial charge in [0.05, 0.1) is 31.9 Å². The van der Waals surface area contributed by atoms with Crippen LogP contribution in [0.1, 0.15) is 20.7 Å². The van der Waals surface area contributed by atoms with Crippen LogP contribution in [0.4, 0.5) is 5.69 Å². The van der Waals surface area contributed by atoms with Crippen LogP contribution in [0.2, 0.25) is 0 Å². The minimum Gasteiger partial charge on any atom is -0.465 e. The summed E-state index contributed by atoms with van der Waals surface area (Å²) in [6.07, 6.45) is 0. The second kappa shape index (κ2) is 8.75. The molecule has 144 valence electrons. The summed E-state index contributed by atoms with van der Waals surface area (Å²) >= 11 is 1.02. The summed E-state index contributed by atoms with van der Waals surface area (Å²) in [5.41, 5.74) is 0.156. The maximum Gasteiger partial charge on any atom is 0.337 e. The lowest BCUT2D eigenvalue weighted by Gasteiger charge is -2.10. The number of hydrogen-bond donors (Lipinski definition) is 2. The molecule has 2 rings (SSSR count). The van der Waals surface area contributed by atoms with Gasteiger partial charge < -0.3 is 14.8 Å². The molecule has 0 bridgehead atoms. The zero-order valence-corrected chi connectivity index (χ0v) is 16.0. The lowest BCUT2D eigenvalue weighted by atomic mass is 10.1. The number of amides is 1. The molecule has 0 atom stereocenters. The van der Waals surface area contributed by atoms with Crippen molar-refractivity contribution in [3.8, 4) is 0 Å². The molecule has 2 aromatic rings. The Bertz CT molecular complexity index is 919.